The summed E-state index contributed by atoms with van der Waals surface area (Å²) in [5.41, 5.74) is 2.93. The zero-order valence-corrected chi connectivity index (χ0v) is 9.35. The highest BCUT2D eigenvalue weighted by atomic mass is 15.1. The standard InChI is InChI=1S/C12H21N/c1-6-13-9-12(4,5)8-7-10(2)11(13)3/h7H,3,6,8-9H2,1-2,4-5H3. The summed E-state index contributed by atoms with van der Waals surface area (Å²) in [6.45, 7) is 15.3. The predicted molar refractivity (Wildman–Crippen MR) is 58.5 cm³/mol. The zero-order chi connectivity index (χ0) is 10.1. The topological polar surface area (TPSA) is 3.24 Å². The molecule has 1 heteroatoms. The summed E-state index contributed by atoms with van der Waals surface area (Å²) < 4.78 is 0. The molecule has 1 nitrogen and oxygen atoms in total. The van der Waals surface area contributed by atoms with Crippen molar-refractivity contribution in [2.24, 2.45) is 5.41 Å². The first kappa shape index (κ1) is 10.4. The maximum absolute atomic E-state index is 4.13. The van der Waals surface area contributed by atoms with Crippen LogP contribution in [0, 0.1) is 5.41 Å². The van der Waals surface area contributed by atoms with Gasteiger partial charge in [0.25, 0.3) is 0 Å². The number of rotatable bonds is 1. The molecule has 1 aliphatic heterocycles. The van der Waals surface area contributed by atoms with E-state index in [0.29, 0.717) is 5.41 Å². The molecule has 0 aliphatic carbocycles. The molecule has 74 valence electrons. The Bertz CT molecular complexity index is 236. The number of hydrogen-bond acceptors (Lipinski definition) is 1. The fraction of sp³-hybridized carbons (Fsp3) is 0.667. The van der Waals surface area contributed by atoms with Crippen LogP contribution in [0.1, 0.15) is 34.1 Å². The van der Waals surface area contributed by atoms with Crippen LogP contribution in [0.4, 0.5) is 0 Å². The third-order valence-corrected chi connectivity index (χ3v) is 2.80. The number of likely N-dealkylation sites (N-methyl/N-ethyl adjacent to an activating group) is 1. The lowest BCUT2D eigenvalue weighted by molar-refractivity contribution is 0.236. The third-order valence-electron chi connectivity index (χ3n) is 2.80. The van der Waals surface area contributed by atoms with Crippen LogP contribution in [0.2, 0.25) is 0 Å². The van der Waals surface area contributed by atoms with Gasteiger partial charge in [0.05, 0.1) is 0 Å². The fourth-order valence-corrected chi connectivity index (χ4v) is 1.78. The van der Waals surface area contributed by atoms with Crippen molar-refractivity contribution in [1.29, 1.82) is 0 Å². The fourth-order valence-electron chi connectivity index (χ4n) is 1.78. The van der Waals surface area contributed by atoms with Crippen LogP contribution in [0.15, 0.2) is 23.9 Å². The van der Waals surface area contributed by atoms with Gasteiger partial charge in [0.1, 0.15) is 0 Å². The maximum Gasteiger partial charge on any atom is 0.0319 e. The van der Waals surface area contributed by atoms with Crippen LogP contribution in [0.3, 0.4) is 0 Å². The van der Waals surface area contributed by atoms with E-state index in [-0.39, 0.29) is 0 Å². The zero-order valence-electron chi connectivity index (χ0n) is 9.35. The van der Waals surface area contributed by atoms with E-state index in [9.17, 15) is 0 Å². The highest BCUT2D eigenvalue weighted by molar-refractivity contribution is 5.27. The highest BCUT2D eigenvalue weighted by Crippen LogP contribution is 2.30. The SMILES string of the molecule is C=C1C(C)=CCC(C)(C)CN1CC. The molecule has 1 rings (SSSR count). The predicted octanol–water partition coefficient (Wildman–Crippen LogP) is 3.20. The van der Waals surface area contributed by atoms with Crippen LogP contribution in [0.5, 0.6) is 0 Å². The van der Waals surface area contributed by atoms with Crippen molar-refractivity contribution in [3.63, 3.8) is 0 Å². The summed E-state index contributed by atoms with van der Waals surface area (Å²) in [5, 5.41) is 0. The van der Waals surface area contributed by atoms with Gasteiger partial charge in [-0.1, -0.05) is 26.5 Å². The molecule has 0 fully saturated rings. The molecule has 0 radical (unpaired) electrons. The van der Waals surface area contributed by atoms with Crippen LogP contribution in [-0.4, -0.2) is 18.0 Å². The van der Waals surface area contributed by atoms with Gasteiger partial charge >= 0.3 is 0 Å². The monoisotopic (exact) mass is 179 g/mol. The molecule has 0 saturated heterocycles. The first-order chi connectivity index (χ1) is 5.96. The normalized spacial score (nSPS) is 22.6. The van der Waals surface area contributed by atoms with Gasteiger partial charge in [-0.05, 0) is 31.3 Å². The van der Waals surface area contributed by atoms with Gasteiger partial charge in [0, 0.05) is 18.8 Å². The number of nitrogens with zero attached hydrogens (tertiary/aromatic N) is 1. The Balaban J connectivity index is 2.89. The molecule has 1 aliphatic rings. The van der Waals surface area contributed by atoms with Crippen LogP contribution >= 0.6 is 0 Å². The number of allylic oxidation sites excluding steroid dienone is 2. The molecule has 1 heterocycles. The largest absolute Gasteiger partial charge is 0.372 e. The van der Waals surface area contributed by atoms with E-state index in [4.69, 9.17) is 0 Å². The molecule has 0 aromatic rings. The van der Waals surface area contributed by atoms with Crippen molar-refractivity contribution in [2.75, 3.05) is 13.1 Å². The van der Waals surface area contributed by atoms with Crippen molar-refractivity contribution in [3.8, 4) is 0 Å². The van der Waals surface area contributed by atoms with Crippen molar-refractivity contribution >= 4 is 0 Å². The van der Waals surface area contributed by atoms with Gasteiger partial charge in [0.2, 0.25) is 0 Å². The molecule has 0 atom stereocenters. The van der Waals surface area contributed by atoms with E-state index in [2.05, 4.69) is 45.2 Å². The van der Waals surface area contributed by atoms with Crippen molar-refractivity contribution in [1.82, 2.24) is 4.90 Å². The van der Waals surface area contributed by atoms with Crippen LogP contribution in [0.25, 0.3) is 0 Å². The minimum absolute atomic E-state index is 0.386. The van der Waals surface area contributed by atoms with E-state index >= 15 is 0 Å². The molecule has 0 unspecified atom stereocenters. The van der Waals surface area contributed by atoms with Gasteiger partial charge in [-0.2, -0.15) is 0 Å². The van der Waals surface area contributed by atoms with Gasteiger partial charge < -0.3 is 4.90 Å². The Morgan fingerprint density at radius 3 is 2.69 bits per heavy atom. The Labute approximate surface area is 82.1 Å². The molecule has 13 heavy (non-hydrogen) atoms. The van der Waals surface area contributed by atoms with E-state index in [1.54, 1.807) is 0 Å². The van der Waals surface area contributed by atoms with Crippen LogP contribution < -0.4 is 0 Å². The van der Waals surface area contributed by atoms with Crippen molar-refractivity contribution < 1.29 is 0 Å². The van der Waals surface area contributed by atoms with E-state index in [1.807, 2.05) is 0 Å². The van der Waals surface area contributed by atoms with Gasteiger partial charge in [-0.3, -0.25) is 0 Å². The highest BCUT2D eigenvalue weighted by Gasteiger charge is 2.24. The Kier molecular flexibility index (Phi) is 2.84. The first-order valence-corrected chi connectivity index (χ1v) is 5.07. The summed E-state index contributed by atoms with van der Waals surface area (Å²) in [6.07, 6.45) is 3.48. The molecular formula is C12H21N. The van der Waals surface area contributed by atoms with E-state index in [1.165, 1.54) is 11.3 Å². The lowest BCUT2D eigenvalue weighted by Crippen LogP contribution is -2.31. The van der Waals surface area contributed by atoms with Gasteiger partial charge in [0.15, 0.2) is 0 Å². The molecule has 0 aromatic carbocycles. The Morgan fingerprint density at radius 1 is 1.54 bits per heavy atom. The molecule has 0 N–H and O–H groups in total. The summed E-state index contributed by atoms with van der Waals surface area (Å²) >= 11 is 0. The van der Waals surface area contributed by atoms with Crippen molar-refractivity contribution in [3.05, 3.63) is 23.9 Å². The van der Waals surface area contributed by atoms with Gasteiger partial charge in [-0.25, -0.2) is 0 Å². The van der Waals surface area contributed by atoms with E-state index < -0.39 is 0 Å². The van der Waals surface area contributed by atoms with E-state index in [0.717, 1.165) is 19.5 Å². The smallest absolute Gasteiger partial charge is 0.0319 e. The molecular weight excluding hydrogens is 158 g/mol. The molecule has 0 amide bonds. The summed E-state index contributed by atoms with van der Waals surface area (Å²) in [6, 6.07) is 0. The molecule has 0 bridgehead atoms. The summed E-state index contributed by atoms with van der Waals surface area (Å²) in [4.78, 5) is 2.37. The second-order valence-corrected chi connectivity index (χ2v) is 4.72. The quantitative estimate of drug-likeness (QED) is 0.597. The summed E-state index contributed by atoms with van der Waals surface area (Å²) in [5.74, 6) is 0. The average Bonchev–Trinajstić information content (AvgIpc) is 2.17. The van der Waals surface area contributed by atoms with Crippen LogP contribution in [-0.2, 0) is 0 Å². The second-order valence-electron chi connectivity index (χ2n) is 4.72. The van der Waals surface area contributed by atoms with Gasteiger partial charge in [-0.15, -0.1) is 0 Å². The minimum atomic E-state index is 0.386. The molecule has 0 aromatic heterocycles. The summed E-state index contributed by atoms with van der Waals surface area (Å²) in [7, 11) is 0. The lowest BCUT2D eigenvalue weighted by atomic mass is 9.89. The second kappa shape index (κ2) is 3.57. The Hall–Kier alpha value is -0.720. The lowest BCUT2D eigenvalue weighted by Gasteiger charge is -2.31. The number of hydrogen-bond donors (Lipinski definition) is 0. The molecule has 0 saturated carbocycles. The average molecular weight is 179 g/mol. The third kappa shape index (κ3) is 2.36. The minimum Gasteiger partial charge on any atom is -0.372 e. The Morgan fingerprint density at radius 2 is 2.15 bits per heavy atom. The molecule has 0 spiro atoms. The first-order valence-electron chi connectivity index (χ1n) is 5.07. The maximum atomic E-state index is 4.13. The van der Waals surface area contributed by atoms with Crippen molar-refractivity contribution in [2.45, 2.75) is 34.1 Å².